The van der Waals surface area contributed by atoms with Crippen LogP contribution in [0.4, 0.5) is 0 Å². The molecule has 1 aromatic carbocycles. The van der Waals surface area contributed by atoms with Crippen LogP contribution in [-0.4, -0.2) is 31.6 Å². The van der Waals surface area contributed by atoms with Crippen molar-refractivity contribution in [3.63, 3.8) is 0 Å². The molecule has 0 saturated carbocycles. The van der Waals surface area contributed by atoms with Crippen LogP contribution in [0.25, 0.3) is 0 Å². The first kappa shape index (κ1) is 9.98. The average molecular weight is 207 g/mol. The summed E-state index contributed by atoms with van der Waals surface area (Å²) in [5.41, 5.74) is 1.11. The van der Waals surface area contributed by atoms with Crippen molar-refractivity contribution in [3.05, 3.63) is 23.8 Å². The lowest BCUT2D eigenvalue weighted by Gasteiger charge is -2.13. The van der Waals surface area contributed by atoms with Gasteiger partial charge in [0, 0.05) is 6.54 Å². The summed E-state index contributed by atoms with van der Waals surface area (Å²) >= 11 is 0. The zero-order valence-electron chi connectivity index (χ0n) is 8.60. The molecule has 0 aromatic heterocycles. The van der Waals surface area contributed by atoms with Crippen LogP contribution >= 0.6 is 0 Å². The molecule has 0 amide bonds. The van der Waals surface area contributed by atoms with Crippen LogP contribution in [0.5, 0.6) is 11.5 Å². The van der Waals surface area contributed by atoms with Crippen LogP contribution in [0.3, 0.4) is 0 Å². The summed E-state index contributed by atoms with van der Waals surface area (Å²) in [5.74, 6) is 1.57. The van der Waals surface area contributed by atoms with Gasteiger partial charge in [-0.25, -0.2) is 0 Å². The SMILES string of the molecule is CN(CC=O)Cc1ccc2c(c1)OCO2. The molecule has 80 valence electrons. The fourth-order valence-electron chi connectivity index (χ4n) is 1.54. The van der Waals surface area contributed by atoms with Crippen molar-refractivity contribution in [3.8, 4) is 11.5 Å². The topological polar surface area (TPSA) is 38.8 Å². The van der Waals surface area contributed by atoms with E-state index in [4.69, 9.17) is 9.47 Å². The molecule has 0 bridgehead atoms. The van der Waals surface area contributed by atoms with Crippen molar-refractivity contribution in [1.29, 1.82) is 0 Å². The monoisotopic (exact) mass is 207 g/mol. The summed E-state index contributed by atoms with van der Waals surface area (Å²) in [6.45, 7) is 1.47. The molecular formula is C11H13NO3. The number of carbonyl (C=O) groups is 1. The zero-order valence-corrected chi connectivity index (χ0v) is 8.60. The lowest BCUT2D eigenvalue weighted by Crippen LogP contribution is -2.19. The predicted octanol–water partition coefficient (Wildman–Crippen LogP) is 1.05. The van der Waals surface area contributed by atoms with Crippen molar-refractivity contribution in [2.45, 2.75) is 6.54 Å². The summed E-state index contributed by atoms with van der Waals surface area (Å²) in [7, 11) is 1.90. The summed E-state index contributed by atoms with van der Waals surface area (Å²) in [4.78, 5) is 12.2. The summed E-state index contributed by atoms with van der Waals surface area (Å²) in [5, 5.41) is 0. The second-order valence-corrected chi connectivity index (χ2v) is 3.55. The van der Waals surface area contributed by atoms with Crippen LogP contribution in [0.2, 0.25) is 0 Å². The van der Waals surface area contributed by atoms with Gasteiger partial charge in [-0.15, -0.1) is 0 Å². The van der Waals surface area contributed by atoms with Crippen molar-refractivity contribution < 1.29 is 14.3 Å². The number of fused-ring (bicyclic) bond motifs is 1. The lowest BCUT2D eigenvalue weighted by molar-refractivity contribution is -0.108. The first-order valence-electron chi connectivity index (χ1n) is 4.80. The van der Waals surface area contributed by atoms with Crippen LogP contribution < -0.4 is 9.47 Å². The third-order valence-corrected chi connectivity index (χ3v) is 2.28. The van der Waals surface area contributed by atoms with Crippen molar-refractivity contribution in [2.75, 3.05) is 20.4 Å². The van der Waals surface area contributed by atoms with E-state index in [1.807, 2.05) is 30.1 Å². The normalized spacial score (nSPS) is 13.2. The molecule has 1 heterocycles. The highest BCUT2D eigenvalue weighted by atomic mass is 16.7. The molecule has 0 aliphatic carbocycles. The minimum atomic E-state index is 0.295. The Hall–Kier alpha value is -1.55. The van der Waals surface area contributed by atoms with E-state index in [9.17, 15) is 4.79 Å². The Kier molecular flexibility index (Phi) is 2.87. The fourth-order valence-corrected chi connectivity index (χ4v) is 1.54. The van der Waals surface area contributed by atoms with Gasteiger partial charge < -0.3 is 14.3 Å². The van der Waals surface area contributed by atoms with Crippen molar-refractivity contribution >= 4 is 6.29 Å². The lowest BCUT2D eigenvalue weighted by atomic mass is 10.2. The molecule has 0 fully saturated rings. The number of likely N-dealkylation sites (N-methyl/N-ethyl adjacent to an activating group) is 1. The van der Waals surface area contributed by atoms with Crippen LogP contribution in [-0.2, 0) is 11.3 Å². The maximum atomic E-state index is 10.3. The molecule has 0 atom stereocenters. The van der Waals surface area contributed by atoms with E-state index in [2.05, 4.69) is 0 Å². The van der Waals surface area contributed by atoms with Crippen LogP contribution in [0.1, 0.15) is 5.56 Å². The molecule has 0 saturated heterocycles. The number of hydrogen-bond donors (Lipinski definition) is 0. The molecule has 2 rings (SSSR count). The minimum absolute atomic E-state index is 0.295. The number of rotatable bonds is 4. The van der Waals surface area contributed by atoms with Crippen molar-refractivity contribution in [1.82, 2.24) is 4.90 Å². The molecule has 1 aliphatic heterocycles. The van der Waals surface area contributed by atoms with Gasteiger partial charge in [-0.1, -0.05) is 6.07 Å². The van der Waals surface area contributed by atoms with Crippen molar-refractivity contribution in [2.24, 2.45) is 0 Å². The predicted molar refractivity (Wildman–Crippen MR) is 55.0 cm³/mol. The third kappa shape index (κ3) is 2.27. The largest absolute Gasteiger partial charge is 0.454 e. The Balaban J connectivity index is 2.06. The first-order chi connectivity index (χ1) is 7.29. The fraction of sp³-hybridized carbons (Fsp3) is 0.364. The van der Waals surface area contributed by atoms with E-state index >= 15 is 0 Å². The smallest absolute Gasteiger partial charge is 0.231 e. The summed E-state index contributed by atoms with van der Waals surface area (Å²) < 4.78 is 10.5. The number of carbonyl (C=O) groups excluding carboxylic acids is 1. The van der Waals surface area contributed by atoms with E-state index in [-0.39, 0.29) is 0 Å². The summed E-state index contributed by atoms with van der Waals surface area (Å²) in [6, 6.07) is 5.82. The van der Waals surface area contributed by atoms with Crippen LogP contribution in [0, 0.1) is 0 Å². The highest BCUT2D eigenvalue weighted by Crippen LogP contribution is 2.32. The van der Waals surface area contributed by atoms with Gasteiger partial charge in [-0.3, -0.25) is 4.90 Å². The maximum Gasteiger partial charge on any atom is 0.231 e. The van der Waals surface area contributed by atoms with E-state index in [0.29, 0.717) is 13.3 Å². The van der Waals surface area contributed by atoms with Gasteiger partial charge in [-0.05, 0) is 24.7 Å². The second-order valence-electron chi connectivity index (χ2n) is 3.55. The van der Waals surface area contributed by atoms with Gasteiger partial charge in [0.1, 0.15) is 6.29 Å². The molecule has 15 heavy (non-hydrogen) atoms. The van der Waals surface area contributed by atoms with E-state index in [0.717, 1.165) is 29.9 Å². The minimum Gasteiger partial charge on any atom is -0.454 e. The summed E-state index contributed by atoms with van der Waals surface area (Å²) in [6.07, 6.45) is 0.896. The average Bonchev–Trinajstić information content (AvgIpc) is 2.65. The zero-order chi connectivity index (χ0) is 10.7. The van der Waals surface area contributed by atoms with Gasteiger partial charge in [0.25, 0.3) is 0 Å². The molecule has 0 unspecified atom stereocenters. The van der Waals surface area contributed by atoms with E-state index < -0.39 is 0 Å². The van der Waals surface area contributed by atoms with Crippen LogP contribution in [0.15, 0.2) is 18.2 Å². The Labute approximate surface area is 88.4 Å². The van der Waals surface area contributed by atoms with Gasteiger partial charge in [0.15, 0.2) is 11.5 Å². The molecule has 1 aliphatic rings. The Bertz CT molecular complexity index is 365. The van der Waals surface area contributed by atoms with Gasteiger partial charge in [0.05, 0.1) is 6.54 Å². The van der Waals surface area contributed by atoms with Gasteiger partial charge >= 0.3 is 0 Å². The Morgan fingerprint density at radius 1 is 1.40 bits per heavy atom. The molecule has 0 spiro atoms. The molecule has 0 N–H and O–H groups in total. The Morgan fingerprint density at radius 3 is 3.00 bits per heavy atom. The number of nitrogens with zero attached hydrogens (tertiary/aromatic N) is 1. The molecule has 4 nitrogen and oxygen atoms in total. The Morgan fingerprint density at radius 2 is 2.20 bits per heavy atom. The maximum absolute atomic E-state index is 10.3. The first-order valence-corrected chi connectivity index (χ1v) is 4.80. The highest BCUT2D eigenvalue weighted by Gasteiger charge is 2.13. The molecule has 4 heteroatoms. The quantitative estimate of drug-likeness (QED) is 0.692. The number of aldehydes is 1. The standard InChI is InChI=1S/C11H13NO3/c1-12(4-5-13)7-9-2-3-10-11(6-9)15-8-14-10/h2-3,5-6H,4,7-8H2,1H3. The van der Waals surface area contributed by atoms with E-state index in [1.54, 1.807) is 0 Å². The van der Waals surface area contributed by atoms with E-state index in [1.165, 1.54) is 0 Å². The highest BCUT2D eigenvalue weighted by molar-refractivity contribution is 5.52. The molecule has 0 radical (unpaired) electrons. The van der Waals surface area contributed by atoms with Gasteiger partial charge in [0.2, 0.25) is 6.79 Å². The van der Waals surface area contributed by atoms with Gasteiger partial charge in [-0.2, -0.15) is 0 Å². The number of ether oxygens (including phenoxy) is 2. The number of hydrogen-bond acceptors (Lipinski definition) is 4. The third-order valence-electron chi connectivity index (χ3n) is 2.28. The molecular weight excluding hydrogens is 194 g/mol. The number of benzene rings is 1. The molecule has 1 aromatic rings. The second kappa shape index (κ2) is 4.31.